The summed E-state index contributed by atoms with van der Waals surface area (Å²) in [6.45, 7) is 5.49. The van der Waals surface area contributed by atoms with E-state index in [1.807, 2.05) is 0 Å². The molecule has 1 heterocycles. The van der Waals surface area contributed by atoms with Gasteiger partial charge in [-0.2, -0.15) is 0 Å². The zero-order valence-corrected chi connectivity index (χ0v) is 8.61. The summed E-state index contributed by atoms with van der Waals surface area (Å²) >= 11 is 0. The standard InChI is InChI=1S/C11H19N2/c1-3-5-7-12-9-10-13(11-12)8-6-4-2/h5,7,9-11H,3-4,6,8H2,1-2H3/q+1. The molecule has 0 saturated carbocycles. The number of rotatable bonds is 5. The van der Waals surface area contributed by atoms with Crippen molar-refractivity contribution in [1.29, 1.82) is 0 Å². The quantitative estimate of drug-likeness (QED) is 0.614. The van der Waals surface area contributed by atoms with Crippen LogP contribution in [0.4, 0.5) is 0 Å². The van der Waals surface area contributed by atoms with Crippen molar-refractivity contribution in [1.82, 2.24) is 4.57 Å². The lowest BCUT2D eigenvalue weighted by atomic mass is 10.3. The van der Waals surface area contributed by atoms with Crippen LogP contribution in [0.3, 0.4) is 0 Å². The molecule has 0 fully saturated rings. The third kappa shape index (κ3) is 3.45. The minimum atomic E-state index is 1.09. The van der Waals surface area contributed by atoms with Crippen LogP contribution in [-0.2, 0) is 6.54 Å². The molecule has 0 aliphatic heterocycles. The van der Waals surface area contributed by atoms with Gasteiger partial charge in [0.1, 0.15) is 12.4 Å². The van der Waals surface area contributed by atoms with Crippen molar-refractivity contribution < 1.29 is 4.57 Å². The summed E-state index contributed by atoms with van der Waals surface area (Å²) in [4.78, 5) is 0. The van der Waals surface area contributed by atoms with Gasteiger partial charge in [-0.3, -0.25) is 0 Å². The van der Waals surface area contributed by atoms with E-state index in [-0.39, 0.29) is 0 Å². The number of hydrogen-bond acceptors (Lipinski definition) is 0. The van der Waals surface area contributed by atoms with E-state index < -0.39 is 0 Å². The average Bonchev–Trinajstić information content (AvgIpc) is 2.59. The Bertz CT molecular complexity index is 261. The van der Waals surface area contributed by atoms with Crippen molar-refractivity contribution in [2.24, 2.45) is 0 Å². The van der Waals surface area contributed by atoms with Gasteiger partial charge in [0.2, 0.25) is 6.33 Å². The molecule has 0 atom stereocenters. The van der Waals surface area contributed by atoms with Crippen LogP contribution in [0.5, 0.6) is 0 Å². The predicted molar refractivity (Wildman–Crippen MR) is 55.2 cm³/mol. The molecule has 0 bridgehead atoms. The zero-order valence-electron chi connectivity index (χ0n) is 8.61. The van der Waals surface area contributed by atoms with E-state index >= 15 is 0 Å². The molecule has 1 aromatic heterocycles. The van der Waals surface area contributed by atoms with Gasteiger partial charge in [-0.15, -0.1) is 0 Å². The summed E-state index contributed by atoms with van der Waals surface area (Å²) in [6, 6.07) is 0. The molecule has 72 valence electrons. The number of aryl methyl sites for hydroxylation is 1. The largest absolute Gasteiger partial charge is 0.248 e. The Balaban J connectivity index is 2.48. The van der Waals surface area contributed by atoms with E-state index in [4.69, 9.17) is 0 Å². The third-order valence-corrected chi connectivity index (χ3v) is 2.00. The topological polar surface area (TPSA) is 8.81 Å². The maximum atomic E-state index is 2.23. The predicted octanol–water partition coefficient (Wildman–Crippen LogP) is 2.46. The molecule has 0 N–H and O–H groups in total. The van der Waals surface area contributed by atoms with Gasteiger partial charge in [0.25, 0.3) is 0 Å². The van der Waals surface area contributed by atoms with Gasteiger partial charge in [0, 0.05) is 0 Å². The van der Waals surface area contributed by atoms with E-state index in [9.17, 15) is 0 Å². The fraction of sp³-hybridized carbons (Fsp3) is 0.545. The third-order valence-electron chi connectivity index (χ3n) is 2.00. The van der Waals surface area contributed by atoms with E-state index in [1.165, 1.54) is 12.8 Å². The van der Waals surface area contributed by atoms with Crippen LogP contribution in [0.1, 0.15) is 33.1 Å². The second-order valence-corrected chi connectivity index (χ2v) is 3.25. The molecule has 0 spiro atoms. The molecule has 0 radical (unpaired) electrons. The number of hydrogen-bond donors (Lipinski definition) is 0. The second-order valence-electron chi connectivity index (χ2n) is 3.25. The van der Waals surface area contributed by atoms with Crippen molar-refractivity contribution in [3.8, 4) is 0 Å². The first-order valence-electron chi connectivity index (χ1n) is 5.10. The van der Waals surface area contributed by atoms with Crippen LogP contribution < -0.4 is 4.57 Å². The first-order chi connectivity index (χ1) is 6.36. The van der Waals surface area contributed by atoms with Gasteiger partial charge in [-0.1, -0.05) is 20.3 Å². The highest BCUT2D eigenvalue weighted by Gasteiger charge is 1.98. The van der Waals surface area contributed by atoms with E-state index in [1.54, 1.807) is 0 Å². The van der Waals surface area contributed by atoms with Crippen LogP contribution in [0.25, 0.3) is 6.20 Å². The number of nitrogens with zero attached hydrogens (tertiary/aromatic N) is 2. The summed E-state index contributed by atoms with van der Waals surface area (Å²) in [5.41, 5.74) is 0. The fourth-order valence-corrected chi connectivity index (χ4v) is 1.20. The molecule has 0 unspecified atom stereocenters. The van der Waals surface area contributed by atoms with Gasteiger partial charge in [-0.05, 0) is 18.9 Å². The molecular weight excluding hydrogens is 160 g/mol. The molecule has 1 aromatic rings. The highest BCUT2D eigenvalue weighted by molar-refractivity contribution is 5.19. The van der Waals surface area contributed by atoms with Crippen LogP contribution in [0, 0.1) is 0 Å². The zero-order chi connectivity index (χ0) is 9.52. The van der Waals surface area contributed by atoms with Crippen molar-refractivity contribution in [3.63, 3.8) is 0 Å². The van der Waals surface area contributed by atoms with Crippen LogP contribution >= 0.6 is 0 Å². The Morgan fingerprint density at radius 2 is 2.23 bits per heavy atom. The van der Waals surface area contributed by atoms with Gasteiger partial charge in [-0.25, -0.2) is 9.13 Å². The summed E-state index contributed by atoms with van der Waals surface area (Å²) in [7, 11) is 0. The normalized spacial score (nSPS) is 11.2. The fourth-order valence-electron chi connectivity index (χ4n) is 1.20. The minimum absolute atomic E-state index is 1.09. The minimum Gasteiger partial charge on any atom is -0.236 e. The lowest BCUT2D eigenvalue weighted by Gasteiger charge is -1.90. The number of imidazole rings is 1. The van der Waals surface area contributed by atoms with Gasteiger partial charge in [0.15, 0.2) is 0 Å². The van der Waals surface area contributed by atoms with Crippen LogP contribution in [0.2, 0.25) is 0 Å². The maximum absolute atomic E-state index is 2.23. The van der Waals surface area contributed by atoms with Gasteiger partial charge in [0.05, 0.1) is 12.7 Å². The Hall–Kier alpha value is -1.05. The molecule has 0 amide bonds. The van der Waals surface area contributed by atoms with E-state index in [0.29, 0.717) is 0 Å². The van der Waals surface area contributed by atoms with E-state index in [2.05, 4.69) is 54.0 Å². The first-order valence-corrected chi connectivity index (χ1v) is 5.10. The molecular formula is C11H19N2+. The number of allylic oxidation sites excluding steroid dienone is 1. The van der Waals surface area contributed by atoms with Gasteiger partial charge >= 0.3 is 0 Å². The Labute approximate surface area is 80.5 Å². The molecule has 0 aromatic carbocycles. The van der Waals surface area contributed by atoms with Crippen molar-refractivity contribution in [3.05, 3.63) is 24.8 Å². The SMILES string of the molecule is CCC=Cn1cc[n+](CCCC)c1. The van der Waals surface area contributed by atoms with Crippen LogP contribution in [-0.4, -0.2) is 4.57 Å². The molecule has 0 aliphatic rings. The smallest absolute Gasteiger partial charge is 0.236 e. The first kappa shape index (κ1) is 10.0. The number of unbranched alkanes of at least 4 members (excludes halogenated alkanes) is 1. The average molecular weight is 179 g/mol. The highest BCUT2D eigenvalue weighted by atomic mass is 15.1. The Kier molecular flexibility index (Phi) is 4.30. The maximum Gasteiger partial charge on any atom is 0.248 e. The second kappa shape index (κ2) is 5.57. The molecule has 2 heteroatoms. The Morgan fingerprint density at radius 3 is 2.92 bits per heavy atom. The van der Waals surface area contributed by atoms with Crippen molar-refractivity contribution in [2.45, 2.75) is 39.7 Å². The van der Waals surface area contributed by atoms with Gasteiger partial charge < -0.3 is 0 Å². The van der Waals surface area contributed by atoms with Crippen molar-refractivity contribution in [2.75, 3.05) is 0 Å². The molecule has 0 aliphatic carbocycles. The van der Waals surface area contributed by atoms with Crippen LogP contribution in [0.15, 0.2) is 24.8 Å². The van der Waals surface area contributed by atoms with Crippen molar-refractivity contribution >= 4 is 6.20 Å². The molecule has 2 nitrogen and oxygen atoms in total. The summed E-state index contributed by atoms with van der Waals surface area (Å²) in [6.07, 6.45) is 14.2. The lowest BCUT2D eigenvalue weighted by Crippen LogP contribution is -2.30. The molecule has 1 rings (SSSR count). The van der Waals surface area contributed by atoms with E-state index in [0.717, 1.165) is 13.0 Å². The Morgan fingerprint density at radius 1 is 1.38 bits per heavy atom. The monoisotopic (exact) mass is 179 g/mol. The lowest BCUT2D eigenvalue weighted by molar-refractivity contribution is -0.696. The summed E-state index contributed by atoms with van der Waals surface area (Å²) in [5, 5.41) is 0. The molecule has 0 saturated heterocycles. The molecule has 13 heavy (non-hydrogen) atoms. The summed E-state index contributed by atoms with van der Waals surface area (Å²) < 4.78 is 4.32. The summed E-state index contributed by atoms with van der Waals surface area (Å²) in [5.74, 6) is 0. The highest BCUT2D eigenvalue weighted by Crippen LogP contribution is 1.90. The number of aromatic nitrogens is 2.